The predicted octanol–water partition coefficient (Wildman–Crippen LogP) is -0.0427. The van der Waals surface area contributed by atoms with E-state index in [4.69, 9.17) is 5.11 Å². The minimum atomic E-state index is -1.21. The van der Waals surface area contributed by atoms with Crippen molar-refractivity contribution in [2.24, 2.45) is 0 Å². The highest BCUT2D eigenvalue weighted by molar-refractivity contribution is 6.01. The second-order valence-electron chi connectivity index (χ2n) is 2.31. The third kappa shape index (κ3) is 3.05. The van der Waals surface area contributed by atoms with E-state index in [1.807, 2.05) is 0 Å². The van der Waals surface area contributed by atoms with Crippen LogP contribution in [0.4, 0.5) is 6.01 Å². The van der Waals surface area contributed by atoms with Crippen molar-refractivity contribution >= 4 is 17.9 Å². The van der Waals surface area contributed by atoms with E-state index in [0.29, 0.717) is 11.9 Å². The maximum atomic E-state index is 10.9. The first kappa shape index (κ1) is 9.90. The van der Waals surface area contributed by atoms with Crippen LogP contribution in [-0.2, 0) is 9.59 Å². The summed E-state index contributed by atoms with van der Waals surface area (Å²) in [5.74, 6) is -1.47. The number of carboxylic acid groups (broad SMARTS) is 1. The Labute approximate surface area is 78.4 Å². The summed E-state index contributed by atoms with van der Waals surface area (Å²) in [6.07, 6.45) is 1.56. The summed E-state index contributed by atoms with van der Waals surface area (Å²) in [6, 6.07) is -0.0671. The van der Waals surface area contributed by atoms with Gasteiger partial charge >= 0.3 is 12.0 Å². The lowest BCUT2D eigenvalue weighted by Gasteiger charge is -1.91. The van der Waals surface area contributed by atoms with Gasteiger partial charge in [-0.1, -0.05) is 5.16 Å². The number of aliphatic carboxylic acids is 1. The van der Waals surface area contributed by atoms with Crippen LogP contribution < -0.4 is 5.32 Å². The molecule has 1 aromatic heterocycles. The van der Waals surface area contributed by atoms with Crippen molar-refractivity contribution in [3.63, 3.8) is 0 Å². The Morgan fingerprint density at radius 2 is 2.21 bits per heavy atom. The van der Waals surface area contributed by atoms with Crippen LogP contribution >= 0.6 is 0 Å². The van der Waals surface area contributed by atoms with Crippen molar-refractivity contribution in [3.8, 4) is 0 Å². The molecular formula is C7H7N3O4. The van der Waals surface area contributed by atoms with Crippen LogP contribution in [-0.4, -0.2) is 27.1 Å². The SMILES string of the molecule is Cc1noc(NC(=O)/C=C/C(=O)O)n1. The summed E-state index contributed by atoms with van der Waals surface area (Å²) >= 11 is 0. The maximum absolute atomic E-state index is 10.9. The van der Waals surface area contributed by atoms with E-state index in [1.165, 1.54) is 0 Å². The van der Waals surface area contributed by atoms with Gasteiger partial charge in [0.2, 0.25) is 0 Å². The first-order valence-electron chi connectivity index (χ1n) is 3.60. The number of nitrogens with one attached hydrogen (secondary N) is 1. The Hall–Kier alpha value is -2.18. The average molecular weight is 197 g/mol. The largest absolute Gasteiger partial charge is 0.478 e. The number of carbonyl (C=O) groups is 2. The monoisotopic (exact) mass is 197 g/mol. The Morgan fingerprint density at radius 1 is 1.50 bits per heavy atom. The number of aromatic nitrogens is 2. The minimum Gasteiger partial charge on any atom is -0.478 e. The highest BCUT2D eigenvalue weighted by atomic mass is 16.5. The number of rotatable bonds is 3. The fraction of sp³-hybridized carbons (Fsp3) is 0.143. The fourth-order valence-corrected chi connectivity index (χ4v) is 0.642. The van der Waals surface area contributed by atoms with E-state index in [1.54, 1.807) is 6.92 Å². The van der Waals surface area contributed by atoms with Crippen molar-refractivity contribution in [3.05, 3.63) is 18.0 Å². The van der Waals surface area contributed by atoms with Gasteiger partial charge in [-0.15, -0.1) is 0 Å². The zero-order valence-electron chi connectivity index (χ0n) is 7.22. The fourth-order valence-electron chi connectivity index (χ4n) is 0.642. The maximum Gasteiger partial charge on any atom is 0.328 e. The zero-order valence-corrected chi connectivity index (χ0v) is 7.22. The van der Waals surface area contributed by atoms with Gasteiger partial charge in [-0.2, -0.15) is 4.98 Å². The summed E-state index contributed by atoms with van der Waals surface area (Å²) in [5.41, 5.74) is 0. The summed E-state index contributed by atoms with van der Waals surface area (Å²) in [6.45, 7) is 1.59. The van der Waals surface area contributed by atoms with E-state index in [2.05, 4.69) is 20.0 Å². The van der Waals surface area contributed by atoms with E-state index in [-0.39, 0.29) is 6.01 Å². The Balaban J connectivity index is 2.53. The van der Waals surface area contributed by atoms with Gasteiger partial charge in [0.15, 0.2) is 5.82 Å². The van der Waals surface area contributed by atoms with Crippen LogP contribution in [0.25, 0.3) is 0 Å². The minimum absolute atomic E-state index is 0.0671. The summed E-state index contributed by atoms with van der Waals surface area (Å²) in [5, 5.41) is 13.8. The molecule has 0 unspecified atom stereocenters. The number of amides is 1. The Morgan fingerprint density at radius 3 is 2.71 bits per heavy atom. The molecule has 0 fully saturated rings. The highest BCUT2D eigenvalue weighted by Crippen LogP contribution is 2.01. The van der Waals surface area contributed by atoms with Crippen LogP contribution in [0.3, 0.4) is 0 Å². The number of carboxylic acids is 1. The van der Waals surface area contributed by atoms with Crippen molar-refractivity contribution < 1.29 is 19.2 Å². The number of carbonyl (C=O) groups excluding carboxylic acids is 1. The van der Waals surface area contributed by atoms with Crippen molar-refractivity contribution in [2.45, 2.75) is 6.92 Å². The van der Waals surface area contributed by atoms with Gasteiger partial charge in [-0.05, 0) is 6.92 Å². The third-order valence-electron chi connectivity index (χ3n) is 1.13. The third-order valence-corrected chi connectivity index (χ3v) is 1.13. The number of hydrogen-bond acceptors (Lipinski definition) is 5. The molecule has 2 N–H and O–H groups in total. The average Bonchev–Trinajstić information content (AvgIpc) is 2.48. The number of nitrogens with zero attached hydrogens (tertiary/aromatic N) is 2. The molecule has 0 radical (unpaired) electrons. The summed E-state index contributed by atoms with van der Waals surface area (Å²) in [7, 11) is 0. The van der Waals surface area contributed by atoms with Crippen LogP contribution in [0.15, 0.2) is 16.7 Å². The molecule has 0 aliphatic heterocycles. The van der Waals surface area contributed by atoms with Crippen LogP contribution in [0.2, 0.25) is 0 Å². The molecule has 0 aromatic carbocycles. The molecule has 0 saturated carbocycles. The van der Waals surface area contributed by atoms with Crippen molar-refractivity contribution in [1.29, 1.82) is 0 Å². The molecule has 14 heavy (non-hydrogen) atoms. The standard InChI is InChI=1S/C7H7N3O4/c1-4-8-7(14-10-4)9-5(11)2-3-6(12)13/h2-3H,1H3,(H,12,13)(H,8,9,10,11)/b3-2+. The smallest absolute Gasteiger partial charge is 0.328 e. The van der Waals surface area contributed by atoms with E-state index in [0.717, 1.165) is 6.08 Å². The summed E-state index contributed by atoms with van der Waals surface area (Å²) in [4.78, 5) is 24.7. The molecule has 1 amide bonds. The predicted molar refractivity (Wildman–Crippen MR) is 44.4 cm³/mol. The van der Waals surface area contributed by atoms with Crippen LogP contribution in [0, 0.1) is 6.92 Å². The molecule has 1 rings (SSSR count). The Kier molecular flexibility index (Phi) is 2.95. The molecule has 1 heterocycles. The van der Waals surface area contributed by atoms with E-state index in [9.17, 15) is 9.59 Å². The lowest BCUT2D eigenvalue weighted by atomic mass is 10.5. The van der Waals surface area contributed by atoms with E-state index < -0.39 is 11.9 Å². The quantitative estimate of drug-likeness (QED) is 0.658. The molecule has 0 spiro atoms. The van der Waals surface area contributed by atoms with Gasteiger partial charge in [-0.25, -0.2) is 4.79 Å². The van der Waals surface area contributed by atoms with Gasteiger partial charge in [0.05, 0.1) is 0 Å². The van der Waals surface area contributed by atoms with Gasteiger partial charge in [0.25, 0.3) is 5.91 Å². The summed E-state index contributed by atoms with van der Waals surface area (Å²) < 4.78 is 4.57. The van der Waals surface area contributed by atoms with E-state index >= 15 is 0 Å². The van der Waals surface area contributed by atoms with Gasteiger partial charge in [0, 0.05) is 12.2 Å². The van der Waals surface area contributed by atoms with Crippen molar-refractivity contribution in [2.75, 3.05) is 5.32 Å². The second kappa shape index (κ2) is 4.17. The molecule has 0 aliphatic rings. The van der Waals surface area contributed by atoms with Gasteiger partial charge in [0.1, 0.15) is 0 Å². The van der Waals surface area contributed by atoms with Gasteiger partial charge in [-0.3, -0.25) is 10.1 Å². The molecule has 0 bridgehead atoms. The molecule has 74 valence electrons. The zero-order chi connectivity index (χ0) is 10.6. The van der Waals surface area contributed by atoms with Crippen LogP contribution in [0.1, 0.15) is 5.82 Å². The lowest BCUT2D eigenvalue weighted by molar-refractivity contribution is -0.131. The number of anilines is 1. The molecule has 7 nitrogen and oxygen atoms in total. The molecule has 1 aromatic rings. The Bertz CT molecular complexity index is 382. The normalized spacial score (nSPS) is 10.4. The first-order chi connectivity index (χ1) is 6.58. The van der Waals surface area contributed by atoms with Crippen LogP contribution in [0.5, 0.6) is 0 Å². The molecule has 0 aliphatic carbocycles. The molecular weight excluding hydrogens is 190 g/mol. The molecule has 7 heteroatoms. The van der Waals surface area contributed by atoms with Gasteiger partial charge < -0.3 is 9.63 Å². The lowest BCUT2D eigenvalue weighted by Crippen LogP contribution is -2.08. The first-order valence-corrected chi connectivity index (χ1v) is 3.60. The highest BCUT2D eigenvalue weighted by Gasteiger charge is 2.04. The number of aryl methyl sites for hydroxylation is 1. The topological polar surface area (TPSA) is 105 Å². The molecule has 0 saturated heterocycles. The second-order valence-corrected chi connectivity index (χ2v) is 2.31. The van der Waals surface area contributed by atoms with Crippen molar-refractivity contribution in [1.82, 2.24) is 10.1 Å². The molecule has 0 atom stereocenters. The number of hydrogen-bond donors (Lipinski definition) is 2.